The van der Waals surface area contributed by atoms with Gasteiger partial charge in [0.1, 0.15) is 12.5 Å². The zero-order valence-corrected chi connectivity index (χ0v) is 6.23. The number of rotatable bonds is 3. The average Bonchev–Trinajstić information content (AvgIpc) is 2.74. The number of hydrogen-bond acceptors (Lipinski definition) is 5. The van der Waals surface area contributed by atoms with E-state index >= 15 is 0 Å². The van der Waals surface area contributed by atoms with Crippen LogP contribution in [0.2, 0.25) is 0 Å². The van der Waals surface area contributed by atoms with Crippen LogP contribution in [-0.2, 0) is 6.54 Å². The molecular formula is C7H7N3O2. The molecule has 0 unspecified atom stereocenters. The number of aromatic nitrogens is 2. The van der Waals surface area contributed by atoms with E-state index in [1.165, 1.54) is 12.7 Å². The molecule has 0 aliphatic carbocycles. The molecule has 0 saturated carbocycles. The summed E-state index contributed by atoms with van der Waals surface area (Å²) in [7, 11) is 0. The van der Waals surface area contributed by atoms with Crippen LogP contribution < -0.4 is 5.32 Å². The summed E-state index contributed by atoms with van der Waals surface area (Å²) in [6.45, 7) is 0.586. The Hall–Kier alpha value is -1.78. The molecule has 1 N–H and O–H groups in total. The van der Waals surface area contributed by atoms with Gasteiger partial charge in [-0.2, -0.15) is 0 Å². The molecule has 0 aliphatic heterocycles. The first-order valence-corrected chi connectivity index (χ1v) is 3.46. The minimum atomic E-state index is 0.586. The van der Waals surface area contributed by atoms with Crippen molar-refractivity contribution >= 4 is 5.82 Å². The number of oxazole rings is 1. The van der Waals surface area contributed by atoms with E-state index in [9.17, 15) is 0 Å². The van der Waals surface area contributed by atoms with E-state index in [0.29, 0.717) is 12.4 Å². The van der Waals surface area contributed by atoms with Crippen LogP contribution in [0.1, 0.15) is 5.69 Å². The summed E-state index contributed by atoms with van der Waals surface area (Å²) < 4.78 is 9.42. The maximum atomic E-state index is 4.79. The first kappa shape index (κ1) is 6.90. The van der Waals surface area contributed by atoms with Gasteiger partial charge in [0.2, 0.25) is 0 Å². The Morgan fingerprint density at radius 2 is 2.50 bits per heavy atom. The highest BCUT2D eigenvalue weighted by molar-refractivity contribution is 5.30. The van der Waals surface area contributed by atoms with Gasteiger partial charge in [0, 0.05) is 6.07 Å². The molecule has 12 heavy (non-hydrogen) atoms. The summed E-state index contributed by atoms with van der Waals surface area (Å²) in [5, 5.41) is 6.67. The van der Waals surface area contributed by atoms with E-state index < -0.39 is 0 Å². The Labute approximate surface area is 68.4 Å². The van der Waals surface area contributed by atoms with E-state index in [2.05, 4.69) is 20.0 Å². The second-order valence-corrected chi connectivity index (χ2v) is 2.22. The summed E-state index contributed by atoms with van der Waals surface area (Å²) >= 11 is 0. The first-order valence-electron chi connectivity index (χ1n) is 3.46. The van der Waals surface area contributed by atoms with E-state index in [4.69, 9.17) is 4.42 Å². The minimum absolute atomic E-state index is 0.586. The van der Waals surface area contributed by atoms with Crippen molar-refractivity contribution in [3.8, 4) is 0 Å². The maximum absolute atomic E-state index is 4.79. The molecule has 0 amide bonds. The fourth-order valence-electron chi connectivity index (χ4n) is 0.810. The van der Waals surface area contributed by atoms with E-state index in [0.717, 1.165) is 5.69 Å². The van der Waals surface area contributed by atoms with E-state index in [-0.39, 0.29) is 0 Å². The van der Waals surface area contributed by atoms with Crippen molar-refractivity contribution in [2.24, 2.45) is 0 Å². The van der Waals surface area contributed by atoms with Crippen molar-refractivity contribution in [2.45, 2.75) is 6.54 Å². The highest BCUT2D eigenvalue weighted by Crippen LogP contribution is 2.03. The van der Waals surface area contributed by atoms with Gasteiger partial charge in [0.15, 0.2) is 12.2 Å². The number of nitrogens with zero attached hydrogens (tertiary/aromatic N) is 2. The summed E-state index contributed by atoms with van der Waals surface area (Å²) in [4.78, 5) is 3.93. The van der Waals surface area contributed by atoms with Crippen molar-refractivity contribution in [2.75, 3.05) is 5.32 Å². The fourth-order valence-corrected chi connectivity index (χ4v) is 0.810. The van der Waals surface area contributed by atoms with Gasteiger partial charge in [-0.15, -0.1) is 0 Å². The Morgan fingerprint density at radius 3 is 3.17 bits per heavy atom. The molecular weight excluding hydrogens is 158 g/mol. The third-order valence-electron chi connectivity index (χ3n) is 1.37. The van der Waals surface area contributed by atoms with Gasteiger partial charge in [-0.05, 0) is 0 Å². The summed E-state index contributed by atoms with van der Waals surface area (Å²) in [6, 6.07) is 1.74. The molecule has 0 aromatic carbocycles. The largest absolute Gasteiger partial charge is 0.451 e. The highest BCUT2D eigenvalue weighted by Gasteiger charge is 1.97. The second kappa shape index (κ2) is 3.08. The lowest BCUT2D eigenvalue weighted by atomic mass is 10.5. The number of hydrogen-bond donors (Lipinski definition) is 1. The lowest BCUT2D eigenvalue weighted by molar-refractivity contribution is 0.422. The van der Waals surface area contributed by atoms with Crippen LogP contribution in [0.4, 0.5) is 5.82 Å². The Morgan fingerprint density at radius 1 is 1.50 bits per heavy atom. The quantitative estimate of drug-likeness (QED) is 0.742. The monoisotopic (exact) mass is 165 g/mol. The van der Waals surface area contributed by atoms with E-state index in [1.807, 2.05) is 0 Å². The van der Waals surface area contributed by atoms with Crippen molar-refractivity contribution in [3.63, 3.8) is 0 Å². The van der Waals surface area contributed by atoms with Crippen LogP contribution in [0.15, 0.2) is 33.9 Å². The van der Waals surface area contributed by atoms with Crippen LogP contribution in [0.5, 0.6) is 0 Å². The van der Waals surface area contributed by atoms with Gasteiger partial charge in [0.05, 0.1) is 12.2 Å². The third kappa shape index (κ3) is 1.45. The predicted molar refractivity (Wildman–Crippen MR) is 40.3 cm³/mol. The smallest absolute Gasteiger partial charge is 0.180 e. The van der Waals surface area contributed by atoms with Crippen molar-refractivity contribution in [3.05, 3.63) is 30.7 Å². The predicted octanol–water partition coefficient (Wildman–Crippen LogP) is 1.27. The first-order chi connectivity index (χ1) is 5.95. The molecule has 0 aliphatic rings. The van der Waals surface area contributed by atoms with Gasteiger partial charge in [-0.25, -0.2) is 4.98 Å². The van der Waals surface area contributed by atoms with Gasteiger partial charge in [-0.1, -0.05) is 5.16 Å². The van der Waals surface area contributed by atoms with Crippen molar-refractivity contribution in [1.82, 2.24) is 10.1 Å². The molecule has 2 aromatic heterocycles. The molecule has 2 heterocycles. The normalized spacial score (nSPS) is 10.0. The van der Waals surface area contributed by atoms with Crippen LogP contribution in [0.3, 0.4) is 0 Å². The lowest BCUT2D eigenvalue weighted by Gasteiger charge is -1.95. The third-order valence-corrected chi connectivity index (χ3v) is 1.37. The van der Waals surface area contributed by atoms with Crippen LogP contribution >= 0.6 is 0 Å². The SMILES string of the molecule is c1nc(CNc2ccon2)co1. The van der Waals surface area contributed by atoms with Crippen molar-refractivity contribution in [1.29, 1.82) is 0 Å². The molecule has 0 spiro atoms. The Kier molecular flexibility index (Phi) is 1.77. The minimum Gasteiger partial charge on any atom is -0.451 e. The number of anilines is 1. The molecule has 0 fully saturated rings. The Bertz CT molecular complexity index is 280. The van der Waals surface area contributed by atoms with E-state index in [1.54, 1.807) is 12.3 Å². The molecule has 5 nitrogen and oxygen atoms in total. The molecule has 2 aromatic rings. The van der Waals surface area contributed by atoms with Gasteiger partial charge >= 0.3 is 0 Å². The topological polar surface area (TPSA) is 64.1 Å². The van der Waals surface area contributed by atoms with Gasteiger partial charge in [0.25, 0.3) is 0 Å². The van der Waals surface area contributed by atoms with Crippen LogP contribution in [-0.4, -0.2) is 10.1 Å². The molecule has 5 heteroatoms. The van der Waals surface area contributed by atoms with Gasteiger partial charge in [-0.3, -0.25) is 0 Å². The summed E-state index contributed by atoms with van der Waals surface area (Å²) in [6.07, 6.45) is 4.47. The van der Waals surface area contributed by atoms with Gasteiger partial charge < -0.3 is 14.3 Å². The zero-order valence-electron chi connectivity index (χ0n) is 6.23. The maximum Gasteiger partial charge on any atom is 0.180 e. The molecule has 0 atom stereocenters. The molecule has 0 radical (unpaired) electrons. The zero-order chi connectivity index (χ0) is 8.23. The molecule has 62 valence electrons. The summed E-state index contributed by atoms with van der Waals surface area (Å²) in [5.74, 6) is 0.693. The summed E-state index contributed by atoms with van der Waals surface area (Å²) in [5.41, 5.74) is 0.831. The molecule has 0 saturated heterocycles. The molecule has 0 bridgehead atoms. The standard InChI is InChI=1S/C7H7N3O2/c1-2-12-10-7(1)8-3-6-4-11-5-9-6/h1-2,4-5H,3H2,(H,8,10). The molecule has 2 rings (SSSR count). The lowest BCUT2D eigenvalue weighted by Crippen LogP contribution is -1.99. The average molecular weight is 165 g/mol. The second-order valence-electron chi connectivity index (χ2n) is 2.22. The highest BCUT2D eigenvalue weighted by atomic mass is 16.5. The van der Waals surface area contributed by atoms with Crippen LogP contribution in [0.25, 0.3) is 0 Å². The Balaban J connectivity index is 1.91. The fraction of sp³-hybridized carbons (Fsp3) is 0.143. The van der Waals surface area contributed by atoms with Crippen LogP contribution in [0, 0.1) is 0 Å². The van der Waals surface area contributed by atoms with Crippen molar-refractivity contribution < 1.29 is 8.94 Å². The number of nitrogens with one attached hydrogen (secondary N) is 1.